The topological polar surface area (TPSA) is 0 Å². The second-order valence-corrected chi connectivity index (χ2v) is 8.21. The monoisotopic (exact) mass is 317 g/mol. The number of hydrogen-bond donors (Lipinski definition) is 0. The largest absolute Gasteiger partial charge is 0.173 e. The Labute approximate surface area is 140 Å². The van der Waals surface area contributed by atoms with Gasteiger partial charge in [-0.25, -0.2) is 0 Å². The third-order valence-corrected chi connectivity index (χ3v) is 6.90. The van der Waals surface area contributed by atoms with Gasteiger partial charge < -0.3 is 0 Å². The average Bonchev–Trinajstić information content (AvgIpc) is 2.59. The van der Waals surface area contributed by atoms with Crippen molar-refractivity contribution in [2.45, 2.75) is 20.8 Å². The molecule has 3 rings (SSSR count). The van der Waals surface area contributed by atoms with Gasteiger partial charge in [-0.3, -0.25) is 0 Å². The second-order valence-electron chi connectivity index (χ2n) is 5.84. The SMILES string of the molecule is CC(c1cccc(C)c1C)=[P+](c1ccccc1)c1ccccc1. The zero-order chi connectivity index (χ0) is 16.2. The van der Waals surface area contributed by atoms with Crippen molar-refractivity contribution in [3.63, 3.8) is 0 Å². The molecule has 1 heteroatoms. The summed E-state index contributed by atoms with van der Waals surface area (Å²) >= 11 is 0. The van der Waals surface area contributed by atoms with Gasteiger partial charge in [-0.2, -0.15) is 0 Å². The highest BCUT2D eigenvalue weighted by molar-refractivity contribution is 7.73. The summed E-state index contributed by atoms with van der Waals surface area (Å²) in [4.78, 5) is 0. The molecule has 0 saturated heterocycles. The van der Waals surface area contributed by atoms with Crippen LogP contribution in [-0.2, 0) is 0 Å². The fourth-order valence-corrected chi connectivity index (χ4v) is 5.45. The van der Waals surface area contributed by atoms with Gasteiger partial charge in [-0.1, -0.05) is 54.6 Å². The molecule has 0 heterocycles. The summed E-state index contributed by atoms with van der Waals surface area (Å²) in [6.45, 7) is 6.73. The third kappa shape index (κ3) is 3.28. The minimum Gasteiger partial charge on any atom is -0.0619 e. The van der Waals surface area contributed by atoms with Crippen molar-refractivity contribution in [1.29, 1.82) is 0 Å². The summed E-state index contributed by atoms with van der Waals surface area (Å²) in [6.07, 6.45) is 0. The molecule has 114 valence electrons. The first-order valence-corrected chi connectivity index (χ1v) is 9.33. The van der Waals surface area contributed by atoms with Gasteiger partial charge in [-0.15, -0.1) is 0 Å². The molecule has 0 aliphatic heterocycles. The van der Waals surface area contributed by atoms with E-state index in [1.165, 1.54) is 32.6 Å². The van der Waals surface area contributed by atoms with E-state index < -0.39 is 7.55 Å². The maximum Gasteiger partial charge on any atom is 0.173 e. The Bertz CT molecular complexity index is 789. The standard InChI is InChI=1S/C22H22P/c1-17-11-10-16-22(18(17)2)19(3)23(20-12-6-4-7-13-20)21-14-8-5-9-15-21/h4-16H,1-3H3/q+1. The quantitative estimate of drug-likeness (QED) is 0.598. The van der Waals surface area contributed by atoms with E-state index >= 15 is 0 Å². The highest BCUT2D eigenvalue weighted by Gasteiger charge is 2.23. The first-order chi connectivity index (χ1) is 11.2. The molecule has 0 fully saturated rings. The van der Waals surface area contributed by atoms with Crippen LogP contribution in [0, 0.1) is 13.8 Å². The van der Waals surface area contributed by atoms with E-state index in [4.69, 9.17) is 0 Å². The molecule has 0 radical (unpaired) electrons. The third-order valence-electron chi connectivity index (χ3n) is 4.36. The molecule has 0 amide bonds. The molecule has 0 spiro atoms. The normalized spacial score (nSPS) is 10.4. The summed E-state index contributed by atoms with van der Waals surface area (Å²) in [5, 5.41) is 4.29. The van der Waals surface area contributed by atoms with Crippen LogP contribution in [0.3, 0.4) is 0 Å². The summed E-state index contributed by atoms with van der Waals surface area (Å²) in [5.41, 5.74) is 4.14. The number of hydrogen-bond acceptors (Lipinski definition) is 0. The molecular formula is C22H22P+. The van der Waals surface area contributed by atoms with Crippen molar-refractivity contribution in [1.82, 2.24) is 0 Å². The van der Waals surface area contributed by atoms with E-state index in [0.717, 1.165) is 0 Å². The van der Waals surface area contributed by atoms with Crippen LogP contribution < -0.4 is 10.6 Å². The maximum absolute atomic E-state index is 2.30. The second kappa shape index (κ2) is 6.94. The molecule has 0 N–H and O–H groups in total. The Morgan fingerprint density at radius 2 is 1.17 bits per heavy atom. The molecule has 0 unspecified atom stereocenters. The van der Waals surface area contributed by atoms with Crippen molar-refractivity contribution in [2.75, 3.05) is 0 Å². The van der Waals surface area contributed by atoms with Gasteiger partial charge in [0.15, 0.2) is 18.2 Å². The Morgan fingerprint density at radius 3 is 1.70 bits per heavy atom. The first-order valence-electron chi connectivity index (χ1n) is 7.99. The molecule has 0 bridgehead atoms. The predicted octanol–water partition coefficient (Wildman–Crippen LogP) is 4.98. The lowest BCUT2D eigenvalue weighted by molar-refractivity contribution is 1.33. The van der Waals surface area contributed by atoms with Crippen LogP contribution in [0.5, 0.6) is 0 Å². The minimum absolute atomic E-state index is 0.500. The lowest BCUT2D eigenvalue weighted by atomic mass is 10.0. The lowest BCUT2D eigenvalue weighted by Crippen LogP contribution is -2.13. The number of benzene rings is 3. The Kier molecular flexibility index (Phi) is 4.74. The summed E-state index contributed by atoms with van der Waals surface area (Å²) in [6, 6.07) is 28.4. The van der Waals surface area contributed by atoms with Crippen LogP contribution in [0.4, 0.5) is 0 Å². The van der Waals surface area contributed by atoms with Gasteiger partial charge in [0.25, 0.3) is 0 Å². The highest BCUT2D eigenvalue weighted by Crippen LogP contribution is 2.29. The number of aryl methyl sites for hydroxylation is 1. The van der Waals surface area contributed by atoms with E-state index in [0.29, 0.717) is 0 Å². The Balaban J connectivity index is 2.28. The van der Waals surface area contributed by atoms with Crippen LogP contribution >= 0.6 is 7.55 Å². The van der Waals surface area contributed by atoms with Gasteiger partial charge in [0.1, 0.15) is 5.29 Å². The minimum atomic E-state index is -0.500. The van der Waals surface area contributed by atoms with E-state index in [1.807, 2.05) is 0 Å². The van der Waals surface area contributed by atoms with E-state index in [2.05, 4.69) is 99.6 Å². The van der Waals surface area contributed by atoms with Crippen molar-refractivity contribution in [3.8, 4) is 0 Å². The zero-order valence-electron chi connectivity index (χ0n) is 14.0. The van der Waals surface area contributed by atoms with Crippen LogP contribution in [0.2, 0.25) is 0 Å². The molecule has 0 atom stereocenters. The molecule has 0 aromatic heterocycles. The number of rotatable bonds is 3. The van der Waals surface area contributed by atoms with E-state index in [9.17, 15) is 0 Å². The summed E-state index contributed by atoms with van der Waals surface area (Å²) in [7, 11) is -0.500. The predicted molar refractivity (Wildman–Crippen MR) is 105 cm³/mol. The lowest BCUT2D eigenvalue weighted by Gasteiger charge is -2.08. The molecule has 3 aromatic carbocycles. The van der Waals surface area contributed by atoms with E-state index in [-0.39, 0.29) is 0 Å². The summed E-state index contributed by atoms with van der Waals surface area (Å²) in [5.74, 6) is 0. The first kappa shape index (κ1) is 15.7. The van der Waals surface area contributed by atoms with Gasteiger partial charge in [0, 0.05) is 12.5 Å². The van der Waals surface area contributed by atoms with Crippen molar-refractivity contribution >= 4 is 23.4 Å². The van der Waals surface area contributed by atoms with Crippen molar-refractivity contribution in [3.05, 3.63) is 95.6 Å². The average molecular weight is 317 g/mol. The van der Waals surface area contributed by atoms with Gasteiger partial charge in [0.2, 0.25) is 0 Å². The summed E-state index contributed by atoms with van der Waals surface area (Å²) < 4.78 is 0. The Hall–Kier alpha value is -2.17. The highest BCUT2D eigenvalue weighted by atomic mass is 31.1. The van der Waals surface area contributed by atoms with Gasteiger partial charge in [-0.05, 0) is 49.2 Å². The zero-order valence-corrected chi connectivity index (χ0v) is 14.8. The van der Waals surface area contributed by atoms with Crippen LogP contribution in [0.25, 0.3) is 0 Å². The fraction of sp³-hybridized carbons (Fsp3) is 0.136. The van der Waals surface area contributed by atoms with Crippen LogP contribution in [-0.4, -0.2) is 5.29 Å². The molecule has 0 aliphatic rings. The molecule has 0 nitrogen and oxygen atoms in total. The van der Waals surface area contributed by atoms with Crippen LogP contribution in [0.15, 0.2) is 78.9 Å². The van der Waals surface area contributed by atoms with Crippen molar-refractivity contribution < 1.29 is 0 Å². The van der Waals surface area contributed by atoms with E-state index in [1.54, 1.807) is 0 Å². The molecule has 3 aromatic rings. The smallest absolute Gasteiger partial charge is 0.0619 e. The Morgan fingerprint density at radius 1 is 0.652 bits per heavy atom. The molecular weight excluding hydrogens is 295 g/mol. The van der Waals surface area contributed by atoms with Crippen molar-refractivity contribution in [2.24, 2.45) is 0 Å². The molecule has 0 aliphatic carbocycles. The maximum atomic E-state index is 2.30. The van der Waals surface area contributed by atoms with Gasteiger partial charge in [0.05, 0.1) is 0 Å². The molecule has 0 saturated carbocycles. The fourth-order valence-electron chi connectivity index (χ4n) is 2.95. The van der Waals surface area contributed by atoms with Gasteiger partial charge >= 0.3 is 0 Å². The molecule has 23 heavy (non-hydrogen) atoms. The van der Waals surface area contributed by atoms with Crippen LogP contribution in [0.1, 0.15) is 23.6 Å².